The van der Waals surface area contributed by atoms with Crippen molar-refractivity contribution in [2.75, 3.05) is 5.75 Å². The molecule has 0 rings (SSSR count). The maximum atomic E-state index is 10.4. The summed E-state index contributed by atoms with van der Waals surface area (Å²) in [6.45, 7) is 3.65. The van der Waals surface area contributed by atoms with Crippen LogP contribution in [0.1, 0.15) is 26.7 Å². The Hall–Kier alpha value is -0.600. The van der Waals surface area contributed by atoms with Gasteiger partial charge in [-0.3, -0.25) is 4.79 Å². The Morgan fingerprint density at radius 2 is 2.29 bits per heavy atom. The van der Waals surface area contributed by atoms with E-state index in [0.29, 0.717) is 4.20 Å². The van der Waals surface area contributed by atoms with Crippen molar-refractivity contribution in [3.05, 3.63) is 0 Å². The number of carboxylic acids is 1. The van der Waals surface area contributed by atoms with Gasteiger partial charge in [-0.15, -0.1) is 11.8 Å². The number of thiocarbonyl (C=S) groups is 1. The lowest BCUT2D eigenvalue weighted by molar-refractivity contribution is -0.137. The highest BCUT2D eigenvalue weighted by Crippen LogP contribution is 2.30. The first-order chi connectivity index (χ1) is 6.46. The molecule has 0 saturated heterocycles. The third-order valence-electron chi connectivity index (χ3n) is 1.81. The van der Waals surface area contributed by atoms with Crippen LogP contribution in [0.4, 0.5) is 0 Å². The van der Waals surface area contributed by atoms with Gasteiger partial charge in [0.05, 0.1) is 15.7 Å². The normalized spacial score (nSPS) is 14.1. The zero-order chi connectivity index (χ0) is 11.2. The van der Waals surface area contributed by atoms with E-state index in [2.05, 4.69) is 6.07 Å². The molecule has 0 saturated carbocycles. The molecule has 0 aromatic carbocycles. The minimum atomic E-state index is -0.893. The second-order valence-electron chi connectivity index (χ2n) is 3.06. The van der Waals surface area contributed by atoms with Gasteiger partial charge in [-0.2, -0.15) is 5.26 Å². The van der Waals surface area contributed by atoms with Gasteiger partial charge in [-0.1, -0.05) is 19.1 Å². The van der Waals surface area contributed by atoms with Gasteiger partial charge in [-0.05, 0) is 19.1 Å². The van der Waals surface area contributed by atoms with Crippen molar-refractivity contribution in [1.82, 2.24) is 0 Å². The Morgan fingerprint density at radius 3 is 2.64 bits per heavy atom. The quantitative estimate of drug-likeness (QED) is 0.736. The number of aliphatic carboxylic acids is 1. The van der Waals surface area contributed by atoms with Crippen LogP contribution in [-0.4, -0.2) is 21.0 Å². The average Bonchev–Trinajstić information content (AvgIpc) is 2.14. The van der Waals surface area contributed by atoms with E-state index in [0.717, 1.165) is 5.75 Å². The Balaban J connectivity index is 4.40. The Labute approximate surface area is 93.5 Å². The van der Waals surface area contributed by atoms with Crippen molar-refractivity contribution in [2.45, 2.75) is 26.7 Å². The molecule has 0 aromatic heterocycles. The highest BCUT2D eigenvalue weighted by molar-refractivity contribution is 8.23. The summed E-state index contributed by atoms with van der Waals surface area (Å²) in [5.74, 6) is -0.0841. The molecule has 0 bridgehead atoms. The highest BCUT2D eigenvalue weighted by Gasteiger charge is 2.29. The van der Waals surface area contributed by atoms with Crippen LogP contribution in [0.5, 0.6) is 0 Å². The second-order valence-corrected chi connectivity index (χ2v) is 5.00. The van der Waals surface area contributed by atoms with Gasteiger partial charge in [0.1, 0.15) is 0 Å². The zero-order valence-electron chi connectivity index (χ0n) is 8.24. The number of hydrogen-bond donors (Lipinski definition) is 1. The summed E-state index contributed by atoms with van der Waals surface area (Å²) in [4.78, 5) is 10.4. The predicted octanol–water partition coefficient (Wildman–Crippen LogP) is 2.46. The fourth-order valence-corrected chi connectivity index (χ4v) is 2.08. The van der Waals surface area contributed by atoms with E-state index in [1.165, 1.54) is 11.8 Å². The first kappa shape index (κ1) is 13.4. The van der Waals surface area contributed by atoms with Gasteiger partial charge in [0, 0.05) is 6.42 Å². The van der Waals surface area contributed by atoms with Crippen LogP contribution in [0, 0.1) is 16.7 Å². The Bertz CT molecular complexity index is 272. The average molecular weight is 231 g/mol. The summed E-state index contributed by atoms with van der Waals surface area (Å²) in [7, 11) is 0. The summed E-state index contributed by atoms with van der Waals surface area (Å²) in [5, 5.41) is 17.5. The predicted molar refractivity (Wildman–Crippen MR) is 61.3 cm³/mol. The molecule has 3 nitrogen and oxygen atoms in total. The summed E-state index contributed by atoms with van der Waals surface area (Å²) in [6, 6.07) is 2.09. The van der Waals surface area contributed by atoms with E-state index in [9.17, 15) is 4.79 Å². The van der Waals surface area contributed by atoms with Crippen molar-refractivity contribution in [3.8, 4) is 6.07 Å². The molecule has 0 radical (unpaired) electrons. The number of nitriles is 1. The van der Waals surface area contributed by atoms with Gasteiger partial charge >= 0.3 is 5.97 Å². The molecule has 78 valence electrons. The number of rotatable bonds is 5. The maximum Gasteiger partial charge on any atom is 0.303 e. The monoisotopic (exact) mass is 231 g/mol. The van der Waals surface area contributed by atoms with Crippen LogP contribution in [0.2, 0.25) is 0 Å². The molecule has 0 heterocycles. The molecule has 1 unspecified atom stereocenters. The fourth-order valence-electron chi connectivity index (χ4n) is 0.851. The van der Waals surface area contributed by atoms with Crippen molar-refractivity contribution in [1.29, 1.82) is 5.26 Å². The Kier molecular flexibility index (Phi) is 5.73. The molecule has 5 heteroatoms. The van der Waals surface area contributed by atoms with Crippen LogP contribution in [-0.2, 0) is 4.79 Å². The van der Waals surface area contributed by atoms with Crippen molar-refractivity contribution in [2.24, 2.45) is 5.41 Å². The van der Waals surface area contributed by atoms with E-state index in [-0.39, 0.29) is 12.8 Å². The summed E-state index contributed by atoms with van der Waals surface area (Å²) in [5.41, 5.74) is -0.797. The number of carboxylic acid groups (broad SMARTS) is 1. The molecule has 0 aliphatic carbocycles. The summed E-state index contributed by atoms with van der Waals surface area (Å²) < 4.78 is 0.587. The van der Waals surface area contributed by atoms with Crippen LogP contribution in [0.3, 0.4) is 0 Å². The van der Waals surface area contributed by atoms with Gasteiger partial charge < -0.3 is 5.11 Å². The van der Waals surface area contributed by atoms with Gasteiger partial charge in [0.25, 0.3) is 0 Å². The molecular weight excluding hydrogens is 218 g/mol. The molecule has 0 aliphatic heterocycles. The van der Waals surface area contributed by atoms with Crippen LogP contribution in [0.25, 0.3) is 0 Å². The Morgan fingerprint density at radius 1 is 1.71 bits per heavy atom. The molecule has 0 fully saturated rings. The first-order valence-electron chi connectivity index (χ1n) is 4.26. The van der Waals surface area contributed by atoms with Crippen molar-refractivity contribution in [3.63, 3.8) is 0 Å². The van der Waals surface area contributed by atoms with E-state index in [4.69, 9.17) is 22.6 Å². The number of hydrogen-bond acceptors (Lipinski definition) is 4. The van der Waals surface area contributed by atoms with Crippen LogP contribution >= 0.6 is 24.0 Å². The molecule has 1 atom stereocenters. The summed E-state index contributed by atoms with van der Waals surface area (Å²) >= 11 is 6.52. The SMILES string of the molecule is CCSC(=S)C(C)(C#N)CCC(=O)O. The molecule has 0 aliphatic rings. The van der Waals surface area contributed by atoms with E-state index in [1.54, 1.807) is 6.92 Å². The van der Waals surface area contributed by atoms with Crippen molar-refractivity contribution < 1.29 is 9.90 Å². The standard InChI is InChI=1S/C9H13NO2S2/c1-3-14-8(13)9(2,6-10)5-4-7(11)12/h3-5H2,1-2H3,(H,11,12). The minimum absolute atomic E-state index is 0.0194. The third kappa shape index (κ3) is 4.07. The molecular formula is C9H13NO2S2. The number of carbonyl (C=O) groups is 1. The molecule has 0 aromatic rings. The minimum Gasteiger partial charge on any atom is -0.481 e. The van der Waals surface area contributed by atoms with Gasteiger partial charge in [-0.25, -0.2) is 0 Å². The van der Waals surface area contributed by atoms with E-state index in [1.807, 2.05) is 6.92 Å². The topological polar surface area (TPSA) is 61.1 Å². The lowest BCUT2D eigenvalue weighted by atomic mass is 9.89. The molecule has 1 N–H and O–H groups in total. The summed E-state index contributed by atoms with van der Waals surface area (Å²) in [6.07, 6.45) is 0.263. The molecule has 0 spiro atoms. The number of thioether (sulfide) groups is 1. The largest absolute Gasteiger partial charge is 0.481 e. The zero-order valence-corrected chi connectivity index (χ0v) is 9.87. The van der Waals surface area contributed by atoms with E-state index >= 15 is 0 Å². The van der Waals surface area contributed by atoms with E-state index < -0.39 is 11.4 Å². The lowest BCUT2D eigenvalue weighted by Crippen LogP contribution is -2.23. The second kappa shape index (κ2) is 5.99. The highest BCUT2D eigenvalue weighted by atomic mass is 32.2. The fraction of sp³-hybridized carbons (Fsp3) is 0.667. The molecule has 0 amide bonds. The van der Waals surface area contributed by atoms with Crippen LogP contribution in [0.15, 0.2) is 0 Å². The first-order valence-corrected chi connectivity index (χ1v) is 5.66. The van der Waals surface area contributed by atoms with Crippen molar-refractivity contribution >= 4 is 34.1 Å². The molecule has 14 heavy (non-hydrogen) atoms. The lowest BCUT2D eigenvalue weighted by Gasteiger charge is -2.20. The maximum absolute atomic E-state index is 10.4. The number of nitrogens with zero attached hydrogens (tertiary/aromatic N) is 1. The smallest absolute Gasteiger partial charge is 0.303 e. The van der Waals surface area contributed by atoms with Crippen LogP contribution < -0.4 is 0 Å². The van der Waals surface area contributed by atoms with Gasteiger partial charge in [0.15, 0.2) is 0 Å². The third-order valence-corrected chi connectivity index (χ3v) is 3.62. The van der Waals surface area contributed by atoms with Gasteiger partial charge in [0.2, 0.25) is 0 Å².